The van der Waals surface area contributed by atoms with Crippen LogP contribution >= 0.6 is 0 Å². The molecule has 0 radical (unpaired) electrons. The van der Waals surface area contributed by atoms with Crippen LogP contribution < -0.4 is 10.7 Å². The van der Waals surface area contributed by atoms with Crippen molar-refractivity contribution in [1.82, 2.24) is 10.7 Å². The molecule has 0 atom stereocenters. The zero-order valence-electron chi connectivity index (χ0n) is 14.4. The van der Waals surface area contributed by atoms with Gasteiger partial charge in [0.25, 0.3) is 17.5 Å². The highest BCUT2D eigenvalue weighted by Gasteiger charge is 2.15. The van der Waals surface area contributed by atoms with Gasteiger partial charge < -0.3 is 5.32 Å². The second-order valence-electron chi connectivity index (χ2n) is 5.64. The molecular formula is C18H18N4O4. The molecule has 0 aliphatic carbocycles. The van der Waals surface area contributed by atoms with Crippen LogP contribution in [0.3, 0.4) is 0 Å². The Hall–Kier alpha value is -3.55. The minimum Gasteiger partial charge on any atom is -0.343 e. The molecule has 0 heterocycles. The zero-order valence-corrected chi connectivity index (χ0v) is 14.4. The molecule has 134 valence electrons. The van der Waals surface area contributed by atoms with Gasteiger partial charge in [-0.3, -0.25) is 19.7 Å². The summed E-state index contributed by atoms with van der Waals surface area (Å²) in [7, 11) is 0. The van der Waals surface area contributed by atoms with Gasteiger partial charge in [-0.2, -0.15) is 5.10 Å². The Bertz CT molecular complexity index is 860. The van der Waals surface area contributed by atoms with Crippen LogP contribution in [0.25, 0.3) is 0 Å². The van der Waals surface area contributed by atoms with Crippen molar-refractivity contribution in [3.8, 4) is 0 Å². The molecule has 2 N–H and O–H groups in total. The predicted octanol–water partition coefficient (Wildman–Crippen LogP) is 2.09. The SMILES string of the molecule is Cc1ccc(/C=N\NC(=O)CNC(=O)c2ccc(C)c([N+](=O)[O-])c2)cc1. The summed E-state index contributed by atoms with van der Waals surface area (Å²) < 4.78 is 0. The van der Waals surface area contributed by atoms with Crippen molar-refractivity contribution in [2.75, 3.05) is 6.54 Å². The Labute approximate surface area is 150 Å². The lowest BCUT2D eigenvalue weighted by atomic mass is 10.1. The summed E-state index contributed by atoms with van der Waals surface area (Å²) in [5, 5.41) is 17.1. The van der Waals surface area contributed by atoms with Crippen LogP contribution in [0.5, 0.6) is 0 Å². The number of hydrogen-bond acceptors (Lipinski definition) is 5. The number of nitrogens with one attached hydrogen (secondary N) is 2. The molecule has 26 heavy (non-hydrogen) atoms. The quantitative estimate of drug-likeness (QED) is 0.470. The van der Waals surface area contributed by atoms with Gasteiger partial charge in [-0.05, 0) is 25.5 Å². The van der Waals surface area contributed by atoms with E-state index in [1.54, 1.807) is 6.92 Å². The smallest absolute Gasteiger partial charge is 0.273 e. The first-order valence-electron chi connectivity index (χ1n) is 7.78. The standard InChI is InChI=1S/C18H18N4O4/c1-12-3-6-14(7-4-12)10-20-21-17(23)11-19-18(24)15-8-5-13(2)16(9-15)22(25)26/h3-10H,11H2,1-2H3,(H,19,24)(H,21,23)/b20-10-. The number of hydrazone groups is 1. The highest BCUT2D eigenvalue weighted by molar-refractivity contribution is 5.97. The summed E-state index contributed by atoms with van der Waals surface area (Å²) in [6.07, 6.45) is 1.49. The van der Waals surface area contributed by atoms with Gasteiger partial charge in [0.15, 0.2) is 0 Å². The van der Waals surface area contributed by atoms with E-state index in [0.29, 0.717) is 5.56 Å². The number of nitro groups is 1. The van der Waals surface area contributed by atoms with Crippen LogP contribution in [0, 0.1) is 24.0 Å². The normalized spacial score (nSPS) is 10.5. The van der Waals surface area contributed by atoms with Crippen molar-refractivity contribution in [2.24, 2.45) is 5.10 Å². The monoisotopic (exact) mass is 354 g/mol. The molecule has 0 saturated heterocycles. The van der Waals surface area contributed by atoms with E-state index in [1.165, 1.54) is 24.4 Å². The van der Waals surface area contributed by atoms with Crippen LogP contribution in [-0.2, 0) is 4.79 Å². The van der Waals surface area contributed by atoms with E-state index in [-0.39, 0.29) is 17.8 Å². The van der Waals surface area contributed by atoms with E-state index >= 15 is 0 Å². The predicted molar refractivity (Wildman–Crippen MR) is 97.1 cm³/mol. The average molecular weight is 354 g/mol. The first kappa shape index (κ1) is 18.8. The number of benzene rings is 2. The first-order valence-corrected chi connectivity index (χ1v) is 7.78. The molecule has 2 amide bonds. The van der Waals surface area contributed by atoms with Crippen LogP contribution in [0.15, 0.2) is 47.6 Å². The molecule has 8 heteroatoms. The molecule has 2 aromatic rings. The van der Waals surface area contributed by atoms with E-state index in [4.69, 9.17) is 0 Å². The van der Waals surface area contributed by atoms with Gasteiger partial charge in [0.05, 0.1) is 17.7 Å². The minimum atomic E-state index is -0.578. The summed E-state index contributed by atoms with van der Waals surface area (Å²) in [5.41, 5.74) is 4.66. The Balaban J connectivity index is 1.87. The summed E-state index contributed by atoms with van der Waals surface area (Å²) in [5.74, 6) is -1.09. The zero-order chi connectivity index (χ0) is 19.1. The van der Waals surface area contributed by atoms with Gasteiger partial charge in [-0.25, -0.2) is 5.43 Å². The molecule has 0 fully saturated rings. The second kappa shape index (κ2) is 8.52. The third-order valence-electron chi connectivity index (χ3n) is 3.56. The van der Waals surface area contributed by atoms with Crippen LogP contribution in [0.2, 0.25) is 0 Å². The highest BCUT2D eigenvalue weighted by atomic mass is 16.6. The fraction of sp³-hybridized carbons (Fsp3) is 0.167. The Morgan fingerprint density at radius 3 is 2.50 bits per heavy atom. The lowest BCUT2D eigenvalue weighted by Crippen LogP contribution is -2.34. The second-order valence-corrected chi connectivity index (χ2v) is 5.64. The van der Waals surface area contributed by atoms with Crippen molar-refractivity contribution >= 4 is 23.7 Å². The molecule has 0 bridgehead atoms. The van der Waals surface area contributed by atoms with Gasteiger partial charge in [0, 0.05) is 17.2 Å². The molecule has 8 nitrogen and oxygen atoms in total. The van der Waals surface area contributed by atoms with Gasteiger partial charge >= 0.3 is 0 Å². The molecule has 2 aromatic carbocycles. The van der Waals surface area contributed by atoms with Gasteiger partial charge in [0.2, 0.25) is 0 Å². The lowest BCUT2D eigenvalue weighted by molar-refractivity contribution is -0.385. The Morgan fingerprint density at radius 1 is 1.15 bits per heavy atom. The van der Waals surface area contributed by atoms with Crippen LogP contribution in [0.4, 0.5) is 5.69 Å². The summed E-state index contributed by atoms with van der Waals surface area (Å²) in [4.78, 5) is 34.1. The molecule has 0 aliphatic heterocycles. The van der Waals surface area contributed by atoms with Crippen LogP contribution in [-0.4, -0.2) is 29.5 Å². The van der Waals surface area contributed by atoms with Crippen molar-refractivity contribution in [2.45, 2.75) is 13.8 Å². The number of nitrogens with zero attached hydrogens (tertiary/aromatic N) is 2. The van der Waals surface area contributed by atoms with Gasteiger partial charge in [0.1, 0.15) is 0 Å². The lowest BCUT2D eigenvalue weighted by Gasteiger charge is -2.05. The topological polar surface area (TPSA) is 114 Å². The molecule has 0 aromatic heterocycles. The molecular weight excluding hydrogens is 336 g/mol. The highest BCUT2D eigenvalue weighted by Crippen LogP contribution is 2.19. The third kappa shape index (κ3) is 5.23. The fourth-order valence-electron chi connectivity index (χ4n) is 2.08. The first-order chi connectivity index (χ1) is 12.4. The molecule has 0 aliphatic rings. The fourth-order valence-corrected chi connectivity index (χ4v) is 2.08. The number of nitro benzene ring substituents is 1. The molecule has 0 unspecified atom stereocenters. The van der Waals surface area contributed by atoms with E-state index in [0.717, 1.165) is 11.1 Å². The maximum absolute atomic E-state index is 12.0. The molecule has 0 saturated carbocycles. The number of aryl methyl sites for hydroxylation is 2. The average Bonchev–Trinajstić information content (AvgIpc) is 2.61. The Kier molecular flexibility index (Phi) is 6.15. The van der Waals surface area contributed by atoms with Crippen molar-refractivity contribution < 1.29 is 14.5 Å². The number of carbonyl (C=O) groups excluding carboxylic acids is 2. The van der Waals surface area contributed by atoms with Gasteiger partial charge in [-0.15, -0.1) is 0 Å². The maximum atomic E-state index is 12.0. The molecule has 0 spiro atoms. The van der Waals surface area contributed by atoms with E-state index in [1.807, 2.05) is 31.2 Å². The van der Waals surface area contributed by atoms with E-state index < -0.39 is 16.7 Å². The van der Waals surface area contributed by atoms with E-state index in [9.17, 15) is 19.7 Å². The van der Waals surface area contributed by atoms with Crippen LogP contribution in [0.1, 0.15) is 27.0 Å². The van der Waals surface area contributed by atoms with E-state index in [2.05, 4.69) is 15.8 Å². The summed E-state index contributed by atoms with van der Waals surface area (Å²) >= 11 is 0. The maximum Gasteiger partial charge on any atom is 0.273 e. The van der Waals surface area contributed by atoms with Crippen molar-refractivity contribution in [3.63, 3.8) is 0 Å². The number of carbonyl (C=O) groups is 2. The number of rotatable bonds is 6. The largest absolute Gasteiger partial charge is 0.343 e. The Morgan fingerprint density at radius 2 is 1.85 bits per heavy atom. The van der Waals surface area contributed by atoms with Crippen molar-refractivity contribution in [1.29, 1.82) is 0 Å². The van der Waals surface area contributed by atoms with Crippen molar-refractivity contribution in [3.05, 3.63) is 74.8 Å². The summed E-state index contributed by atoms with van der Waals surface area (Å²) in [6, 6.07) is 11.7. The number of hydrogen-bond donors (Lipinski definition) is 2. The minimum absolute atomic E-state index is 0.109. The third-order valence-corrected chi connectivity index (χ3v) is 3.56. The molecule has 2 rings (SSSR count). The summed E-state index contributed by atoms with van der Waals surface area (Å²) in [6.45, 7) is 3.25. The number of amides is 2. The van der Waals surface area contributed by atoms with Gasteiger partial charge in [-0.1, -0.05) is 35.9 Å².